The summed E-state index contributed by atoms with van der Waals surface area (Å²) in [6.45, 7) is 0.963. The van der Waals surface area contributed by atoms with Crippen LogP contribution in [0.1, 0.15) is 21.7 Å². The maximum atomic E-state index is 12.9. The monoisotopic (exact) mass is 378 g/mol. The van der Waals surface area contributed by atoms with E-state index in [4.69, 9.17) is 4.74 Å². The van der Waals surface area contributed by atoms with Crippen molar-refractivity contribution in [3.8, 4) is 0 Å². The largest absolute Gasteiger partial charge is 0.452 e. The molecular weight excluding hydrogens is 365 g/mol. The molecule has 10 heteroatoms. The van der Waals surface area contributed by atoms with Crippen molar-refractivity contribution in [2.75, 3.05) is 11.9 Å². The minimum Gasteiger partial charge on any atom is -0.452 e. The van der Waals surface area contributed by atoms with E-state index in [1.54, 1.807) is 17.4 Å². The summed E-state index contributed by atoms with van der Waals surface area (Å²) >= 11 is 0. The standard InChI is InChI=1S/C17H13F3N4O3/c1-10-22-23-14-7-6-11(8-24(10)14)16(26)27-9-15(25)21-13-5-3-2-4-12(13)17(18,19)20/h2-8H,9H2,1H3,(H,21,25). The lowest BCUT2D eigenvalue weighted by Gasteiger charge is -2.13. The van der Waals surface area contributed by atoms with Gasteiger partial charge in [0.05, 0.1) is 16.8 Å². The molecule has 0 fully saturated rings. The van der Waals surface area contributed by atoms with Gasteiger partial charge in [0.1, 0.15) is 5.82 Å². The highest BCUT2D eigenvalue weighted by atomic mass is 19.4. The molecule has 0 radical (unpaired) electrons. The molecule has 0 bridgehead atoms. The molecule has 2 heterocycles. The van der Waals surface area contributed by atoms with Crippen molar-refractivity contribution in [2.24, 2.45) is 0 Å². The van der Waals surface area contributed by atoms with E-state index in [0.717, 1.165) is 12.1 Å². The van der Waals surface area contributed by atoms with Crippen LogP contribution in [0.3, 0.4) is 0 Å². The second-order valence-corrected chi connectivity index (χ2v) is 5.56. The fraction of sp³-hybridized carbons (Fsp3) is 0.176. The number of rotatable bonds is 4. The molecule has 0 atom stereocenters. The first-order valence-corrected chi connectivity index (χ1v) is 7.70. The lowest BCUT2D eigenvalue weighted by Crippen LogP contribution is -2.22. The molecule has 1 aromatic carbocycles. The van der Waals surface area contributed by atoms with Crippen molar-refractivity contribution in [3.63, 3.8) is 0 Å². The summed E-state index contributed by atoms with van der Waals surface area (Å²) in [5.41, 5.74) is -0.717. The number of carbonyl (C=O) groups is 2. The number of fused-ring (bicyclic) bond motifs is 1. The van der Waals surface area contributed by atoms with Crippen LogP contribution in [-0.2, 0) is 15.7 Å². The molecule has 0 unspecified atom stereocenters. The number of para-hydroxylation sites is 1. The SMILES string of the molecule is Cc1nnc2ccc(C(=O)OCC(=O)Nc3ccccc3C(F)(F)F)cn12. The van der Waals surface area contributed by atoms with Crippen molar-refractivity contribution in [1.29, 1.82) is 0 Å². The van der Waals surface area contributed by atoms with Gasteiger partial charge in [0.25, 0.3) is 5.91 Å². The Balaban J connectivity index is 1.65. The Hall–Kier alpha value is -3.43. The lowest BCUT2D eigenvalue weighted by atomic mass is 10.1. The first-order chi connectivity index (χ1) is 12.8. The summed E-state index contributed by atoms with van der Waals surface area (Å²) < 4.78 is 45.2. The number of carbonyl (C=O) groups excluding carboxylic acids is 2. The molecule has 2 aromatic heterocycles. The summed E-state index contributed by atoms with van der Waals surface area (Å²) in [4.78, 5) is 23.9. The number of ether oxygens (including phenoxy) is 1. The molecule has 0 spiro atoms. The Morgan fingerprint density at radius 2 is 1.89 bits per heavy atom. The van der Waals surface area contributed by atoms with Gasteiger partial charge in [-0.1, -0.05) is 12.1 Å². The van der Waals surface area contributed by atoms with Crippen LogP contribution in [0, 0.1) is 6.92 Å². The normalized spacial score (nSPS) is 11.4. The van der Waals surface area contributed by atoms with E-state index in [-0.39, 0.29) is 5.56 Å². The molecule has 0 saturated carbocycles. The van der Waals surface area contributed by atoms with E-state index < -0.39 is 35.9 Å². The maximum absolute atomic E-state index is 12.9. The van der Waals surface area contributed by atoms with E-state index in [1.807, 2.05) is 0 Å². The van der Waals surface area contributed by atoms with Crippen LogP contribution in [0.2, 0.25) is 0 Å². The van der Waals surface area contributed by atoms with Crippen LogP contribution in [0.5, 0.6) is 0 Å². The van der Waals surface area contributed by atoms with Gasteiger partial charge in [-0.25, -0.2) is 4.79 Å². The van der Waals surface area contributed by atoms with Crippen molar-refractivity contribution >= 4 is 23.2 Å². The van der Waals surface area contributed by atoms with Gasteiger partial charge in [-0.2, -0.15) is 13.2 Å². The first kappa shape index (κ1) is 18.4. The highest BCUT2D eigenvalue weighted by molar-refractivity contribution is 5.96. The number of halogens is 3. The zero-order valence-corrected chi connectivity index (χ0v) is 13.9. The zero-order chi connectivity index (χ0) is 19.6. The van der Waals surface area contributed by atoms with Gasteiger partial charge < -0.3 is 10.1 Å². The molecule has 0 aliphatic rings. The van der Waals surface area contributed by atoms with Crippen LogP contribution in [-0.4, -0.2) is 33.1 Å². The van der Waals surface area contributed by atoms with Gasteiger partial charge in [-0.05, 0) is 31.2 Å². The van der Waals surface area contributed by atoms with Gasteiger partial charge in [-0.15, -0.1) is 10.2 Å². The number of hydrogen-bond donors (Lipinski definition) is 1. The number of aromatic nitrogens is 3. The van der Waals surface area contributed by atoms with Crippen molar-refractivity contribution in [2.45, 2.75) is 13.1 Å². The highest BCUT2D eigenvalue weighted by Gasteiger charge is 2.33. The molecular formula is C17H13F3N4O3. The van der Waals surface area contributed by atoms with Gasteiger partial charge in [0, 0.05) is 6.20 Å². The number of anilines is 1. The Bertz CT molecular complexity index is 1010. The van der Waals surface area contributed by atoms with E-state index in [2.05, 4.69) is 15.5 Å². The molecule has 0 aliphatic heterocycles. The third-order valence-corrected chi connectivity index (χ3v) is 3.65. The van der Waals surface area contributed by atoms with Crippen molar-refractivity contribution in [1.82, 2.24) is 14.6 Å². The lowest BCUT2D eigenvalue weighted by molar-refractivity contribution is -0.137. The molecule has 3 aromatic rings. The minimum absolute atomic E-state index is 0.147. The molecule has 0 aliphatic carbocycles. The number of alkyl halides is 3. The van der Waals surface area contributed by atoms with Gasteiger partial charge in [0.15, 0.2) is 12.3 Å². The molecule has 7 nitrogen and oxygen atoms in total. The van der Waals surface area contributed by atoms with Crippen LogP contribution < -0.4 is 5.32 Å². The minimum atomic E-state index is -4.62. The average Bonchev–Trinajstić information content (AvgIpc) is 3.00. The third-order valence-electron chi connectivity index (χ3n) is 3.65. The van der Waals surface area contributed by atoms with Crippen LogP contribution in [0.4, 0.5) is 18.9 Å². The average molecular weight is 378 g/mol. The Kier molecular flexibility index (Phi) is 4.80. The zero-order valence-electron chi connectivity index (χ0n) is 13.9. The van der Waals surface area contributed by atoms with E-state index >= 15 is 0 Å². The third kappa shape index (κ3) is 4.05. The molecule has 3 rings (SSSR count). The van der Waals surface area contributed by atoms with E-state index in [0.29, 0.717) is 11.5 Å². The summed E-state index contributed by atoms with van der Waals surface area (Å²) in [6, 6.07) is 7.53. The number of amides is 1. The van der Waals surface area contributed by atoms with Crippen LogP contribution >= 0.6 is 0 Å². The second kappa shape index (κ2) is 7.06. The summed E-state index contributed by atoms with van der Waals surface area (Å²) in [5.74, 6) is -1.13. The summed E-state index contributed by atoms with van der Waals surface area (Å²) in [5, 5.41) is 9.82. The number of benzene rings is 1. The quantitative estimate of drug-likeness (QED) is 0.706. The number of nitrogens with zero attached hydrogens (tertiary/aromatic N) is 3. The van der Waals surface area contributed by atoms with Gasteiger partial charge in [-0.3, -0.25) is 9.20 Å². The maximum Gasteiger partial charge on any atom is 0.418 e. The number of esters is 1. The molecule has 140 valence electrons. The molecule has 1 N–H and O–H groups in total. The Labute approximate surface area is 150 Å². The van der Waals surface area contributed by atoms with Crippen molar-refractivity contribution < 1.29 is 27.5 Å². The first-order valence-electron chi connectivity index (χ1n) is 7.70. The van der Waals surface area contributed by atoms with E-state index in [1.165, 1.54) is 24.4 Å². The summed E-state index contributed by atoms with van der Waals surface area (Å²) in [6.07, 6.45) is -3.17. The molecule has 27 heavy (non-hydrogen) atoms. The van der Waals surface area contributed by atoms with Crippen LogP contribution in [0.15, 0.2) is 42.6 Å². The fourth-order valence-electron chi connectivity index (χ4n) is 2.37. The number of pyridine rings is 1. The van der Waals surface area contributed by atoms with Crippen molar-refractivity contribution in [3.05, 3.63) is 59.5 Å². The van der Waals surface area contributed by atoms with Crippen LogP contribution in [0.25, 0.3) is 5.65 Å². The number of hydrogen-bond acceptors (Lipinski definition) is 5. The predicted molar refractivity (Wildman–Crippen MR) is 88.1 cm³/mol. The second-order valence-electron chi connectivity index (χ2n) is 5.56. The molecule has 1 amide bonds. The van der Waals surface area contributed by atoms with E-state index in [9.17, 15) is 22.8 Å². The summed E-state index contributed by atoms with van der Waals surface area (Å²) in [7, 11) is 0. The highest BCUT2D eigenvalue weighted by Crippen LogP contribution is 2.34. The Morgan fingerprint density at radius 1 is 1.15 bits per heavy atom. The predicted octanol–water partition coefficient (Wildman–Crippen LogP) is 2.85. The van der Waals surface area contributed by atoms with Gasteiger partial charge >= 0.3 is 12.1 Å². The fourth-order valence-corrected chi connectivity index (χ4v) is 2.37. The number of aryl methyl sites for hydroxylation is 1. The smallest absolute Gasteiger partial charge is 0.418 e. The van der Waals surface area contributed by atoms with Gasteiger partial charge in [0.2, 0.25) is 0 Å². The number of nitrogens with one attached hydrogen (secondary N) is 1. The molecule has 0 saturated heterocycles. The Morgan fingerprint density at radius 3 is 2.63 bits per heavy atom. The topological polar surface area (TPSA) is 85.6 Å².